The normalized spacial score (nSPS) is 30.0. The highest BCUT2D eigenvalue weighted by Gasteiger charge is 2.41. The van der Waals surface area contributed by atoms with Crippen LogP contribution in [0.25, 0.3) is 0 Å². The molecular formula is C17H29NO4. The van der Waals surface area contributed by atoms with Crippen LogP contribution in [0.1, 0.15) is 64.7 Å². The van der Waals surface area contributed by atoms with Crippen LogP contribution in [-0.4, -0.2) is 35.7 Å². The maximum Gasteiger partial charge on any atom is 0.308 e. The summed E-state index contributed by atoms with van der Waals surface area (Å²) >= 11 is 0. The standard InChI is InChI=1S/C17H29NO4/c1-17(10-3-2-6-14(17)16(20)21)18-15(19)7-4-5-13-8-11-22-12-9-13/h13-14H,2-12H2,1H3,(H,18,19)(H,20,21). The van der Waals surface area contributed by atoms with E-state index in [1.54, 1.807) is 0 Å². The number of amides is 1. The Bertz CT molecular complexity index is 392. The zero-order valence-electron chi connectivity index (χ0n) is 13.6. The van der Waals surface area contributed by atoms with Crippen LogP contribution < -0.4 is 5.32 Å². The minimum Gasteiger partial charge on any atom is -0.481 e. The molecule has 2 fully saturated rings. The van der Waals surface area contributed by atoms with Crippen LogP contribution in [0.4, 0.5) is 0 Å². The van der Waals surface area contributed by atoms with Crippen LogP contribution in [0.5, 0.6) is 0 Å². The molecule has 1 aliphatic carbocycles. The lowest BCUT2D eigenvalue weighted by Gasteiger charge is -2.39. The van der Waals surface area contributed by atoms with Crippen molar-refractivity contribution in [3.63, 3.8) is 0 Å². The summed E-state index contributed by atoms with van der Waals surface area (Å²) in [7, 11) is 0. The SMILES string of the molecule is CC1(NC(=O)CCCC2CCOCC2)CCCCC1C(=O)O. The highest BCUT2D eigenvalue weighted by molar-refractivity contribution is 5.79. The molecule has 1 aliphatic heterocycles. The van der Waals surface area contributed by atoms with Gasteiger partial charge in [0.1, 0.15) is 0 Å². The largest absolute Gasteiger partial charge is 0.481 e. The number of nitrogens with one attached hydrogen (secondary N) is 1. The van der Waals surface area contributed by atoms with Crippen molar-refractivity contribution in [3.05, 3.63) is 0 Å². The Morgan fingerprint density at radius 2 is 1.95 bits per heavy atom. The van der Waals surface area contributed by atoms with Crippen molar-refractivity contribution in [2.45, 2.75) is 70.3 Å². The van der Waals surface area contributed by atoms with Crippen molar-refractivity contribution in [1.82, 2.24) is 5.32 Å². The highest BCUT2D eigenvalue weighted by Crippen LogP contribution is 2.34. The van der Waals surface area contributed by atoms with E-state index >= 15 is 0 Å². The van der Waals surface area contributed by atoms with Crippen LogP contribution in [-0.2, 0) is 14.3 Å². The molecule has 2 rings (SSSR count). The predicted molar refractivity (Wildman–Crippen MR) is 83.5 cm³/mol. The fourth-order valence-corrected chi connectivity index (χ4v) is 3.85. The smallest absolute Gasteiger partial charge is 0.308 e. The van der Waals surface area contributed by atoms with E-state index < -0.39 is 17.4 Å². The fourth-order valence-electron chi connectivity index (χ4n) is 3.85. The monoisotopic (exact) mass is 311 g/mol. The number of rotatable bonds is 6. The minimum atomic E-state index is -0.787. The Kier molecular flexibility index (Phi) is 6.24. The molecule has 0 bridgehead atoms. The topological polar surface area (TPSA) is 75.6 Å². The first-order valence-corrected chi connectivity index (χ1v) is 8.63. The van der Waals surface area contributed by atoms with E-state index in [0.717, 1.165) is 58.2 Å². The predicted octanol–water partition coefficient (Wildman–Crippen LogP) is 2.73. The average Bonchev–Trinajstić information content (AvgIpc) is 2.48. The maximum atomic E-state index is 12.2. The third-order valence-corrected chi connectivity index (χ3v) is 5.29. The highest BCUT2D eigenvalue weighted by atomic mass is 16.5. The summed E-state index contributed by atoms with van der Waals surface area (Å²) in [6, 6.07) is 0. The van der Waals surface area contributed by atoms with Gasteiger partial charge in [0.2, 0.25) is 5.91 Å². The summed E-state index contributed by atoms with van der Waals surface area (Å²) in [4.78, 5) is 23.6. The number of carbonyl (C=O) groups excluding carboxylic acids is 1. The molecule has 0 aromatic carbocycles. The van der Waals surface area contributed by atoms with Crippen molar-refractivity contribution in [1.29, 1.82) is 0 Å². The van der Waals surface area contributed by atoms with Gasteiger partial charge < -0.3 is 15.2 Å². The Morgan fingerprint density at radius 1 is 1.23 bits per heavy atom. The number of ether oxygens (including phenoxy) is 1. The number of hydrogen-bond donors (Lipinski definition) is 2. The van der Waals surface area contributed by atoms with E-state index in [4.69, 9.17) is 4.74 Å². The van der Waals surface area contributed by atoms with Gasteiger partial charge in [-0.25, -0.2) is 0 Å². The second-order valence-corrected chi connectivity index (χ2v) is 7.05. The van der Waals surface area contributed by atoms with Gasteiger partial charge in [0, 0.05) is 19.6 Å². The molecule has 0 aromatic heterocycles. The lowest BCUT2D eigenvalue weighted by Crippen LogP contribution is -2.55. The molecule has 2 N–H and O–H groups in total. The van der Waals surface area contributed by atoms with E-state index in [-0.39, 0.29) is 5.91 Å². The molecule has 0 aromatic rings. The van der Waals surface area contributed by atoms with Crippen LogP contribution in [0.3, 0.4) is 0 Å². The van der Waals surface area contributed by atoms with Gasteiger partial charge in [0.15, 0.2) is 0 Å². The van der Waals surface area contributed by atoms with Gasteiger partial charge in [-0.05, 0) is 51.4 Å². The minimum absolute atomic E-state index is 0.00251. The summed E-state index contributed by atoms with van der Waals surface area (Å²) in [5, 5.41) is 12.4. The Labute approximate surface area is 132 Å². The molecule has 0 radical (unpaired) electrons. The van der Waals surface area contributed by atoms with Crippen LogP contribution in [0.15, 0.2) is 0 Å². The maximum absolute atomic E-state index is 12.2. The summed E-state index contributed by atoms with van der Waals surface area (Å²) in [6.45, 7) is 3.58. The van der Waals surface area contributed by atoms with Crippen molar-refractivity contribution in [2.24, 2.45) is 11.8 Å². The molecule has 1 saturated heterocycles. The molecule has 22 heavy (non-hydrogen) atoms. The molecule has 2 atom stereocenters. The number of carboxylic acids is 1. The molecule has 0 spiro atoms. The fraction of sp³-hybridized carbons (Fsp3) is 0.882. The summed E-state index contributed by atoms with van der Waals surface area (Å²) in [6.07, 6.45) is 7.99. The van der Waals surface area contributed by atoms with Crippen LogP contribution in [0, 0.1) is 11.8 Å². The Hall–Kier alpha value is -1.10. The first kappa shape index (κ1) is 17.3. The van der Waals surface area contributed by atoms with Crippen LogP contribution in [0.2, 0.25) is 0 Å². The lowest BCUT2D eigenvalue weighted by atomic mass is 9.74. The lowest BCUT2D eigenvalue weighted by molar-refractivity contribution is -0.146. The second-order valence-electron chi connectivity index (χ2n) is 7.05. The van der Waals surface area contributed by atoms with Gasteiger partial charge in [-0.3, -0.25) is 9.59 Å². The van der Waals surface area contributed by atoms with Crippen molar-refractivity contribution < 1.29 is 19.4 Å². The number of aliphatic carboxylic acids is 1. The Morgan fingerprint density at radius 3 is 2.64 bits per heavy atom. The van der Waals surface area contributed by atoms with Gasteiger partial charge in [-0.2, -0.15) is 0 Å². The number of carbonyl (C=O) groups is 2. The summed E-state index contributed by atoms with van der Waals surface area (Å²) in [5.41, 5.74) is -0.583. The van der Waals surface area contributed by atoms with E-state index in [1.165, 1.54) is 0 Å². The number of carboxylic acid groups (broad SMARTS) is 1. The van der Waals surface area contributed by atoms with E-state index in [2.05, 4.69) is 5.32 Å². The molecule has 1 heterocycles. The van der Waals surface area contributed by atoms with Gasteiger partial charge in [0.05, 0.1) is 11.5 Å². The van der Waals surface area contributed by atoms with E-state index in [9.17, 15) is 14.7 Å². The first-order chi connectivity index (χ1) is 10.5. The van der Waals surface area contributed by atoms with Crippen molar-refractivity contribution in [3.8, 4) is 0 Å². The third-order valence-electron chi connectivity index (χ3n) is 5.29. The molecule has 2 aliphatic rings. The Balaban J connectivity index is 1.75. The molecule has 1 amide bonds. The summed E-state index contributed by atoms with van der Waals surface area (Å²) < 4.78 is 5.34. The molecule has 2 unspecified atom stereocenters. The molecule has 5 heteroatoms. The molecule has 5 nitrogen and oxygen atoms in total. The molecule has 1 saturated carbocycles. The van der Waals surface area contributed by atoms with Gasteiger partial charge >= 0.3 is 5.97 Å². The second kappa shape index (κ2) is 7.95. The molecular weight excluding hydrogens is 282 g/mol. The van der Waals surface area contributed by atoms with E-state index in [0.29, 0.717) is 18.8 Å². The third kappa shape index (κ3) is 4.70. The van der Waals surface area contributed by atoms with Crippen LogP contribution >= 0.6 is 0 Å². The summed E-state index contributed by atoms with van der Waals surface area (Å²) in [5.74, 6) is -0.563. The number of hydrogen-bond acceptors (Lipinski definition) is 3. The van der Waals surface area contributed by atoms with E-state index in [1.807, 2.05) is 6.92 Å². The zero-order valence-corrected chi connectivity index (χ0v) is 13.6. The molecule has 126 valence electrons. The average molecular weight is 311 g/mol. The van der Waals surface area contributed by atoms with Gasteiger partial charge in [-0.15, -0.1) is 0 Å². The quantitative estimate of drug-likeness (QED) is 0.791. The van der Waals surface area contributed by atoms with Crippen molar-refractivity contribution >= 4 is 11.9 Å². The van der Waals surface area contributed by atoms with Gasteiger partial charge in [-0.1, -0.05) is 12.8 Å². The zero-order chi connectivity index (χ0) is 16.0. The van der Waals surface area contributed by atoms with Crippen molar-refractivity contribution in [2.75, 3.05) is 13.2 Å². The first-order valence-electron chi connectivity index (χ1n) is 8.63. The van der Waals surface area contributed by atoms with Gasteiger partial charge in [0.25, 0.3) is 0 Å².